The number of carbonyl (C=O) groups excluding carboxylic acids is 1. The first kappa shape index (κ1) is 25.7. The van der Waals surface area contributed by atoms with Crippen LogP contribution in [0, 0.1) is 5.92 Å². The van der Waals surface area contributed by atoms with Crippen LogP contribution in [0.25, 0.3) is 10.9 Å². The van der Waals surface area contributed by atoms with Gasteiger partial charge in [-0.15, -0.1) is 0 Å². The molecule has 0 saturated heterocycles. The molecule has 1 aromatic heterocycles. The molecule has 0 aliphatic carbocycles. The number of hydrogen-bond donors (Lipinski definition) is 2. The highest BCUT2D eigenvalue weighted by atomic mass is 32.2. The van der Waals surface area contributed by atoms with E-state index in [9.17, 15) is 18.3 Å². The molecule has 5 rings (SSSR count). The Hall–Kier alpha value is -3.95. The second-order valence-corrected chi connectivity index (χ2v) is 11.2. The van der Waals surface area contributed by atoms with Gasteiger partial charge in [0.1, 0.15) is 18.1 Å². The number of fused-ring (bicyclic) bond motifs is 2. The number of para-hydroxylation sites is 1. The van der Waals surface area contributed by atoms with Crippen molar-refractivity contribution in [1.82, 2.24) is 9.71 Å². The van der Waals surface area contributed by atoms with Crippen molar-refractivity contribution in [2.75, 3.05) is 12.9 Å². The summed E-state index contributed by atoms with van der Waals surface area (Å²) in [5.74, 6) is 0.341. The van der Waals surface area contributed by atoms with Gasteiger partial charge in [0.15, 0.2) is 0 Å². The number of aliphatic hydroxyl groups is 1. The van der Waals surface area contributed by atoms with Crippen molar-refractivity contribution >= 4 is 26.8 Å². The summed E-state index contributed by atoms with van der Waals surface area (Å²) in [5.41, 5.74) is 3.40. The lowest BCUT2D eigenvalue weighted by Gasteiger charge is -2.21. The molecule has 0 bridgehead atoms. The van der Waals surface area contributed by atoms with Gasteiger partial charge >= 0.3 is 0 Å². The third kappa shape index (κ3) is 6.12. The quantitative estimate of drug-likeness (QED) is 0.367. The normalized spacial score (nSPS) is 17.2. The van der Waals surface area contributed by atoms with Crippen molar-refractivity contribution < 1.29 is 27.8 Å². The van der Waals surface area contributed by atoms with Crippen LogP contribution in [0.5, 0.6) is 11.5 Å². The number of aromatic nitrogens is 1. The minimum absolute atomic E-state index is 0.179. The van der Waals surface area contributed by atoms with Gasteiger partial charge < -0.3 is 14.6 Å². The molecule has 0 radical (unpaired) electrons. The highest BCUT2D eigenvalue weighted by molar-refractivity contribution is 7.89. The highest BCUT2D eigenvalue weighted by Gasteiger charge is 2.28. The fraction of sp³-hybridized carbons (Fsp3) is 0.241. The van der Waals surface area contributed by atoms with Crippen LogP contribution in [0.4, 0.5) is 0 Å². The minimum atomic E-state index is -3.67. The van der Waals surface area contributed by atoms with Crippen LogP contribution in [-0.2, 0) is 23.1 Å². The molecule has 196 valence electrons. The third-order valence-electron chi connectivity index (χ3n) is 6.50. The van der Waals surface area contributed by atoms with Crippen molar-refractivity contribution in [3.8, 4) is 11.5 Å². The number of amides is 1. The molecule has 2 N–H and O–H groups in total. The van der Waals surface area contributed by atoms with Crippen LogP contribution in [0.15, 0.2) is 78.9 Å². The van der Waals surface area contributed by atoms with E-state index >= 15 is 0 Å². The fourth-order valence-corrected chi connectivity index (χ4v) is 5.09. The zero-order valence-corrected chi connectivity index (χ0v) is 21.6. The second-order valence-electron chi connectivity index (χ2n) is 9.43. The van der Waals surface area contributed by atoms with E-state index in [4.69, 9.17) is 9.47 Å². The standard InChI is InChI=1S/C29H28N2O6S/c1-38(34,35)31-29(33)22-7-4-5-19(16-22)15-21-13-14-36-27-12-11-24(17-25(27)28(21)32)37-18-23-10-9-20-6-2-3-8-26(20)30-23/h2-12,16-17,21,28,32H,13-15,18H2,1H3,(H,31,33)/t21-,28+/m1/s1. The molecule has 0 spiro atoms. The second kappa shape index (κ2) is 10.8. The average molecular weight is 533 g/mol. The zero-order chi connectivity index (χ0) is 26.7. The Bertz CT molecular complexity index is 1590. The molecule has 1 aliphatic heterocycles. The van der Waals surface area contributed by atoms with Crippen molar-refractivity contribution in [3.63, 3.8) is 0 Å². The average Bonchev–Trinajstić information content (AvgIpc) is 3.05. The van der Waals surface area contributed by atoms with E-state index in [1.807, 2.05) is 53.3 Å². The van der Waals surface area contributed by atoms with Gasteiger partial charge in [-0.2, -0.15) is 0 Å². The predicted molar refractivity (Wildman–Crippen MR) is 144 cm³/mol. The molecule has 4 aromatic rings. The van der Waals surface area contributed by atoms with Gasteiger partial charge in [-0.25, -0.2) is 18.1 Å². The molecule has 0 unspecified atom stereocenters. The maximum atomic E-state index is 12.3. The maximum Gasteiger partial charge on any atom is 0.264 e. The van der Waals surface area contributed by atoms with E-state index < -0.39 is 22.0 Å². The van der Waals surface area contributed by atoms with Crippen LogP contribution in [-0.4, -0.2) is 37.3 Å². The van der Waals surface area contributed by atoms with Crippen LogP contribution in [0.1, 0.15) is 39.7 Å². The Balaban J connectivity index is 1.30. The van der Waals surface area contributed by atoms with Crippen LogP contribution in [0.2, 0.25) is 0 Å². The Kier molecular flexibility index (Phi) is 7.31. The number of aliphatic hydroxyl groups excluding tert-OH is 1. The number of nitrogens with one attached hydrogen (secondary N) is 1. The SMILES string of the molecule is CS(=O)(=O)NC(=O)c1cccc(C[C@H]2CCOc3ccc(OCc4ccc5ccccc5n4)cc3[C@H]2O)c1. The van der Waals surface area contributed by atoms with Gasteiger partial charge in [-0.05, 0) is 66.8 Å². The molecule has 8 nitrogen and oxygen atoms in total. The largest absolute Gasteiger partial charge is 0.493 e. The number of pyridine rings is 1. The van der Waals surface area contributed by atoms with E-state index in [1.165, 1.54) is 0 Å². The molecule has 1 amide bonds. The highest BCUT2D eigenvalue weighted by Crippen LogP contribution is 2.39. The topological polar surface area (TPSA) is 115 Å². The Labute approximate surface area is 221 Å². The summed E-state index contributed by atoms with van der Waals surface area (Å²) >= 11 is 0. The smallest absolute Gasteiger partial charge is 0.264 e. The first-order chi connectivity index (χ1) is 18.2. The molecule has 3 aromatic carbocycles. The number of nitrogens with zero attached hydrogens (tertiary/aromatic N) is 1. The summed E-state index contributed by atoms with van der Waals surface area (Å²) in [6.07, 6.45) is 1.20. The molecular formula is C29H28N2O6S. The Morgan fingerprint density at radius 1 is 1.08 bits per heavy atom. The summed E-state index contributed by atoms with van der Waals surface area (Å²) in [6.45, 7) is 0.719. The van der Waals surface area contributed by atoms with E-state index in [0.29, 0.717) is 36.5 Å². The number of sulfonamides is 1. The van der Waals surface area contributed by atoms with E-state index in [0.717, 1.165) is 28.4 Å². The number of benzene rings is 3. The molecule has 0 fully saturated rings. The lowest BCUT2D eigenvalue weighted by molar-refractivity contribution is 0.0981. The molecule has 9 heteroatoms. The number of ether oxygens (including phenoxy) is 2. The van der Waals surface area contributed by atoms with E-state index in [1.54, 1.807) is 30.3 Å². The van der Waals surface area contributed by atoms with E-state index in [2.05, 4.69) is 4.98 Å². The third-order valence-corrected chi connectivity index (χ3v) is 7.06. The van der Waals surface area contributed by atoms with Crippen molar-refractivity contribution in [2.45, 2.75) is 25.6 Å². The Morgan fingerprint density at radius 2 is 1.92 bits per heavy atom. The summed E-state index contributed by atoms with van der Waals surface area (Å²) in [4.78, 5) is 16.9. The van der Waals surface area contributed by atoms with Gasteiger partial charge in [0, 0.05) is 16.5 Å². The van der Waals surface area contributed by atoms with Crippen molar-refractivity contribution in [3.05, 3.63) is 101 Å². The lowest BCUT2D eigenvalue weighted by atomic mass is 9.87. The monoisotopic (exact) mass is 532 g/mol. The number of carbonyl (C=O) groups is 1. The predicted octanol–water partition coefficient (Wildman–Crippen LogP) is 4.18. The summed E-state index contributed by atoms with van der Waals surface area (Å²) in [6, 6.07) is 24.0. The minimum Gasteiger partial charge on any atom is -0.493 e. The molecular weight excluding hydrogens is 504 g/mol. The number of rotatable bonds is 7. The fourth-order valence-electron chi connectivity index (χ4n) is 4.64. The molecule has 0 saturated carbocycles. The zero-order valence-electron chi connectivity index (χ0n) is 20.8. The lowest BCUT2D eigenvalue weighted by Crippen LogP contribution is -2.29. The van der Waals surface area contributed by atoms with Gasteiger partial charge in [-0.1, -0.05) is 36.4 Å². The van der Waals surface area contributed by atoms with Gasteiger partial charge in [0.2, 0.25) is 10.0 Å². The van der Waals surface area contributed by atoms with Gasteiger partial charge in [0.05, 0.1) is 30.2 Å². The summed E-state index contributed by atoms with van der Waals surface area (Å²) in [7, 11) is -3.67. The van der Waals surface area contributed by atoms with Crippen LogP contribution >= 0.6 is 0 Å². The molecule has 2 atom stereocenters. The van der Waals surface area contributed by atoms with Crippen LogP contribution < -0.4 is 14.2 Å². The molecule has 1 aliphatic rings. The van der Waals surface area contributed by atoms with E-state index in [-0.39, 0.29) is 18.1 Å². The first-order valence-corrected chi connectivity index (χ1v) is 14.2. The van der Waals surface area contributed by atoms with Crippen molar-refractivity contribution in [1.29, 1.82) is 0 Å². The maximum absolute atomic E-state index is 12.3. The summed E-state index contributed by atoms with van der Waals surface area (Å²) in [5, 5.41) is 12.4. The van der Waals surface area contributed by atoms with Crippen LogP contribution in [0.3, 0.4) is 0 Å². The van der Waals surface area contributed by atoms with Crippen molar-refractivity contribution in [2.24, 2.45) is 5.92 Å². The first-order valence-electron chi connectivity index (χ1n) is 12.3. The Morgan fingerprint density at radius 3 is 2.76 bits per heavy atom. The van der Waals surface area contributed by atoms with Gasteiger partial charge in [0.25, 0.3) is 5.91 Å². The molecule has 2 heterocycles. The van der Waals surface area contributed by atoms with Gasteiger partial charge in [-0.3, -0.25) is 4.79 Å². The number of hydrogen-bond acceptors (Lipinski definition) is 7. The molecule has 38 heavy (non-hydrogen) atoms. The summed E-state index contributed by atoms with van der Waals surface area (Å²) < 4.78 is 36.8.